The van der Waals surface area contributed by atoms with E-state index in [2.05, 4.69) is 15.8 Å². The fourth-order valence-corrected chi connectivity index (χ4v) is 4.20. The molecule has 1 aliphatic rings. The van der Waals surface area contributed by atoms with Crippen LogP contribution in [0.1, 0.15) is 72.8 Å². The highest BCUT2D eigenvalue weighted by molar-refractivity contribution is 5.95. The fourth-order valence-electron chi connectivity index (χ4n) is 4.20. The molecule has 0 aliphatic heterocycles. The first-order valence-electron chi connectivity index (χ1n) is 11.4. The molecule has 172 valence electrons. The number of nitrogens with two attached hydrogens (primary N) is 1. The molecule has 1 heterocycles. The van der Waals surface area contributed by atoms with Crippen LogP contribution in [0.15, 0.2) is 34.9 Å². The maximum absolute atomic E-state index is 13.1. The van der Waals surface area contributed by atoms with E-state index in [1.54, 1.807) is 6.07 Å². The Morgan fingerprint density at radius 2 is 1.88 bits per heavy atom. The van der Waals surface area contributed by atoms with Crippen molar-refractivity contribution in [2.75, 3.05) is 0 Å². The first kappa shape index (κ1) is 23.5. The third-order valence-electron chi connectivity index (χ3n) is 6.00. The minimum absolute atomic E-state index is 0.107. The van der Waals surface area contributed by atoms with Gasteiger partial charge in [0.2, 0.25) is 17.6 Å². The molecule has 0 bridgehead atoms. The molecule has 1 fully saturated rings. The number of amides is 3. The molecule has 1 saturated carbocycles. The molecule has 8 heteroatoms. The molecule has 32 heavy (non-hydrogen) atoms. The lowest BCUT2D eigenvalue weighted by molar-refractivity contribution is -0.123. The second kappa shape index (κ2) is 11.5. The van der Waals surface area contributed by atoms with Gasteiger partial charge in [-0.2, -0.15) is 0 Å². The van der Waals surface area contributed by atoms with Crippen LogP contribution >= 0.6 is 0 Å². The monoisotopic (exact) mass is 440 g/mol. The Labute approximate surface area is 188 Å². The molecule has 1 atom stereocenters. The SMILES string of the molecule is CCc1cc(C(=O)N[C@@H](CC2CCCCC2)C(=O)NCc2ccccc2CC(N)=O)on1. The summed E-state index contributed by atoms with van der Waals surface area (Å²) < 4.78 is 5.13. The summed E-state index contributed by atoms with van der Waals surface area (Å²) in [5.74, 6) is -0.627. The largest absolute Gasteiger partial charge is 0.369 e. The van der Waals surface area contributed by atoms with Crippen LogP contribution in [0.2, 0.25) is 0 Å². The number of aromatic nitrogens is 1. The number of hydrogen-bond donors (Lipinski definition) is 3. The van der Waals surface area contributed by atoms with E-state index in [9.17, 15) is 14.4 Å². The van der Waals surface area contributed by atoms with Crippen molar-refractivity contribution in [1.82, 2.24) is 15.8 Å². The number of nitrogens with zero attached hydrogens (tertiary/aromatic N) is 1. The van der Waals surface area contributed by atoms with Crippen LogP contribution in [-0.2, 0) is 29.0 Å². The van der Waals surface area contributed by atoms with Gasteiger partial charge in [0.15, 0.2) is 0 Å². The van der Waals surface area contributed by atoms with E-state index < -0.39 is 17.9 Å². The maximum Gasteiger partial charge on any atom is 0.290 e. The van der Waals surface area contributed by atoms with Crippen molar-refractivity contribution in [2.45, 2.75) is 70.9 Å². The van der Waals surface area contributed by atoms with Gasteiger partial charge in [-0.15, -0.1) is 0 Å². The Morgan fingerprint density at radius 1 is 1.16 bits per heavy atom. The molecule has 0 radical (unpaired) electrons. The maximum atomic E-state index is 13.1. The Morgan fingerprint density at radius 3 is 2.53 bits per heavy atom. The normalized spacial score (nSPS) is 15.2. The summed E-state index contributed by atoms with van der Waals surface area (Å²) in [6.45, 7) is 2.18. The van der Waals surface area contributed by atoms with Gasteiger partial charge in [-0.25, -0.2) is 0 Å². The number of benzene rings is 1. The number of carbonyl (C=O) groups excluding carboxylic acids is 3. The quantitative estimate of drug-likeness (QED) is 0.523. The number of aryl methyl sites for hydroxylation is 1. The van der Waals surface area contributed by atoms with E-state index in [-0.39, 0.29) is 24.6 Å². The van der Waals surface area contributed by atoms with Gasteiger partial charge >= 0.3 is 0 Å². The van der Waals surface area contributed by atoms with Gasteiger partial charge in [-0.3, -0.25) is 14.4 Å². The Bertz CT molecular complexity index is 934. The van der Waals surface area contributed by atoms with Crippen LogP contribution in [-0.4, -0.2) is 28.9 Å². The molecule has 3 rings (SSSR count). The number of nitrogens with one attached hydrogen (secondary N) is 2. The lowest BCUT2D eigenvalue weighted by Crippen LogP contribution is -2.47. The minimum Gasteiger partial charge on any atom is -0.369 e. The smallest absolute Gasteiger partial charge is 0.290 e. The van der Waals surface area contributed by atoms with Crippen molar-refractivity contribution < 1.29 is 18.9 Å². The molecule has 1 aliphatic carbocycles. The molecule has 2 aromatic rings. The third-order valence-corrected chi connectivity index (χ3v) is 6.00. The number of carbonyl (C=O) groups is 3. The van der Waals surface area contributed by atoms with Crippen LogP contribution in [0, 0.1) is 5.92 Å². The minimum atomic E-state index is -0.677. The predicted molar refractivity (Wildman–Crippen MR) is 120 cm³/mol. The highest BCUT2D eigenvalue weighted by Crippen LogP contribution is 2.27. The molecule has 3 amide bonds. The van der Waals surface area contributed by atoms with Crippen molar-refractivity contribution in [3.63, 3.8) is 0 Å². The van der Waals surface area contributed by atoms with Crippen molar-refractivity contribution in [3.05, 3.63) is 52.9 Å². The zero-order chi connectivity index (χ0) is 22.9. The van der Waals surface area contributed by atoms with Crippen LogP contribution in [0.5, 0.6) is 0 Å². The molecule has 1 aromatic carbocycles. The van der Waals surface area contributed by atoms with Crippen molar-refractivity contribution in [3.8, 4) is 0 Å². The zero-order valence-corrected chi connectivity index (χ0v) is 18.6. The van der Waals surface area contributed by atoms with E-state index >= 15 is 0 Å². The standard InChI is InChI=1S/C24H32N4O4/c1-2-19-14-21(32-28-19)24(31)27-20(12-16-8-4-3-5-9-16)23(30)26-15-18-11-7-6-10-17(18)13-22(25)29/h6-7,10-11,14,16,20H,2-5,8-9,12-13,15H2,1H3,(H2,25,29)(H,26,30)(H,27,31)/t20-/m0/s1. The molecular weight excluding hydrogens is 408 g/mol. The number of hydrogen-bond acceptors (Lipinski definition) is 5. The molecule has 8 nitrogen and oxygen atoms in total. The second-order valence-corrected chi connectivity index (χ2v) is 8.43. The van der Waals surface area contributed by atoms with E-state index in [0.29, 0.717) is 24.5 Å². The molecule has 1 aromatic heterocycles. The first-order valence-corrected chi connectivity index (χ1v) is 11.4. The van der Waals surface area contributed by atoms with Crippen LogP contribution < -0.4 is 16.4 Å². The van der Waals surface area contributed by atoms with E-state index in [1.165, 1.54) is 6.42 Å². The number of rotatable bonds is 10. The Kier molecular flexibility index (Phi) is 8.41. The molecule has 4 N–H and O–H groups in total. The van der Waals surface area contributed by atoms with Gasteiger partial charge in [0.25, 0.3) is 5.91 Å². The molecule has 0 saturated heterocycles. The van der Waals surface area contributed by atoms with Gasteiger partial charge in [0, 0.05) is 12.6 Å². The topological polar surface area (TPSA) is 127 Å². The first-order chi connectivity index (χ1) is 15.5. The Hall–Kier alpha value is -3.16. The van der Waals surface area contributed by atoms with Crippen molar-refractivity contribution >= 4 is 17.7 Å². The summed E-state index contributed by atoms with van der Waals surface area (Å²) in [4.78, 5) is 37.1. The van der Waals surface area contributed by atoms with Crippen molar-refractivity contribution in [2.24, 2.45) is 11.7 Å². The second-order valence-electron chi connectivity index (χ2n) is 8.43. The highest BCUT2D eigenvalue weighted by Gasteiger charge is 2.27. The summed E-state index contributed by atoms with van der Waals surface area (Å²) in [7, 11) is 0. The zero-order valence-electron chi connectivity index (χ0n) is 18.6. The van der Waals surface area contributed by atoms with Gasteiger partial charge in [0.05, 0.1) is 12.1 Å². The van der Waals surface area contributed by atoms with Gasteiger partial charge in [-0.1, -0.05) is 68.4 Å². The van der Waals surface area contributed by atoms with E-state index in [4.69, 9.17) is 10.3 Å². The molecular formula is C24H32N4O4. The average molecular weight is 441 g/mol. The predicted octanol–water partition coefficient (Wildman–Crippen LogP) is 2.65. The Balaban J connectivity index is 1.68. The van der Waals surface area contributed by atoms with Crippen molar-refractivity contribution in [1.29, 1.82) is 0 Å². The summed E-state index contributed by atoms with van der Waals surface area (Å²) in [5, 5.41) is 9.62. The van der Waals surface area contributed by atoms with Crippen LogP contribution in [0.4, 0.5) is 0 Å². The molecule has 0 spiro atoms. The third kappa shape index (κ3) is 6.67. The average Bonchev–Trinajstić information content (AvgIpc) is 3.28. The van der Waals surface area contributed by atoms with Gasteiger partial charge in [0.1, 0.15) is 6.04 Å². The highest BCUT2D eigenvalue weighted by atomic mass is 16.5. The van der Waals surface area contributed by atoms with E-state index in [1.807, 2.05) is 31.2 Å². The van der Waals surface area contributed by atoms with Gasteiger partial charge in [-0.05, 0) is 29.9 Å². The van der Waals surface area contributed by atoms with Crippen LogP contribution in [0.3, 0.4) is 0 Å². The lowest BCUT2D eigenvalue weighted by atomic mass is 9.84. The van der Waals surface area contributed by atoms with E-state index in [0.717, 1.165) is 36.8 Å². The summed E-state index contributed by atoms with van der Waals surface area (Å²) >= 11 is 0. The van der Waals surface area contributed by atoms with Gasteiger partial charge < -0.3 is 20.9 Å². The molecule has 0 unspecified atom stereocenters. The fraction of sp³-hybridized carbons (Fsp3) is 0.500. The van der Waals surface area contributed by atoms with Crippen LogP contribution in [0.25, 0.3) is 0 Å². The summed E-state index contributed by atoms with van der Waals surface area (Å²) in [6, 6.07) is 8.28. The summed E-state index contributed by atoms with van der Waals surface area (Å²) in [6.07, 6.45) is 6.98. The summed E-state index contributed by atoms with van der Waals surface area (Å²) in [5.41, 5.74) is 7.63. The number of primary amides is 1. The lowest BCUT2D eigenvalue weighted by Gasteiger charge is -2.26.